The molecule has 2 atom stereocenters. The molecule has 0 saturated carbocycles. The Kier molecular flexibility index (Phi) is 7.23. The van der Waals surface area contributed by atoms with Crippen LogP contribution in [-0.2, 0) is 16.0 Å². The van der Waals surface area contributed by atoms with Gasteiger partial charge < -0.3 is 24.6 Å². The van der Waals surface area contributed by atoms with E-state index >= 15 is 0 Å². The van der Waals surface area contributed by atoms with E-state index in [2.05, 4.69) is 21.3 Å². The van der Waals surface area contributed by atoms with Crippen LogP contribution < -0.4 is 5.32 Å². The summed E-state index contributed by atoms with van der Waals surface area (Å²) in [6.07, 6.45) is 5.92. The molecule has 30 heavy (non-hydrogen) atoms. The van der Waals surface area contributed by atoms with Gasteiger partial charge in [0.1, 0.15) is 6.10 Å². The van der Waals surface area contributed by atoms with Gasteiger partial charge in [0.05, 0.1) is 12.7 Å². The fraction of sp³-hybridized carbons (Fsp3) is 0.652. The molecule has 2 unspecified atom stereocenters. The molecule has 0 aliphatic carbocycles. The molecule has 3 aliphatic rings. The molecule has 1 N–H and O–H groups in total. The van der Waals surface area contributed by atoms with Crippen molar-refractivity contribution in [3.05, 3.63) is 35.4 Å². The number of nitrogens with zero attached hydrogens (tertiary/aromatic N) is 3. The van der Waals surface area contributed by atoms with Crippen molar-refractivity contribution >= 4 is 11.9 Å². The van der Waals surface area contributed by atoms with Gasteiger partial charge in [0, 0.05) is 51.9 Å². The number of aliphatic imine (C=N–C) groups is 1. The summed E-state index contributed by atoms with van der Waals surface area (Å²) in [4.78, 5) is 21.5. The maximum absolute atomic E-state index is 12.8. The van der Waals surface area contributed by atoms with Crippen molar-refractivity contribution in [3.8, 4) is 0 Å². The molecule has 164 valence electrons. The Labute approximate surface area is 179 Å². The van der Waals surface area contributed by atoms with E-state index in [0.29, 0.717) is 13.2 Å². The second-order valence-corrected chi connectivity index (χ2v) is 8.36. The van der Waals surface area contributed by atoms with Crippen LogP contribution in [0.4, 0.5) is 0 Å². The fourth-order valence-corrected chi connectivity index (χ4v) is 4.60. The first-order valence-electron chi connectivity index (χ1n) is 11.3. The standard InChI is InChI=1S/C23H34N4O3/c1-24-23(27-12-14-30-21(17-27)20-9-6-13-29-20)25-16-18-7-5-8-19(15-18)22(28)26-10-3-2-4-11-26/h5,7-8,15,20-21H,2-4,6,9-14,16-17H2,1H3,(H,24,25). The van der Waals surface area contributed by atoms with Crippen LogP contribution in [0.3, 0.4) is 0 Å². The third kappa shape index (κ3) is 5.13. The van der Waals surface area contributed by atoms with Gasteiger partial charge >= 0.3 is 0 Å². The number of guanidine groups is 1. The second-order valence-electron chi connectivity index (χ2n) is 8.36. The average Bonchev–Trinajstić information content (AvgIpc) is 3.35. The molecule has 0 radical (unpaired) electrons. The highest BCUT2D eigenvalue weighted by molar-refractivity contribution is 5.94. The van der Waals surface area contributed by atoms with E-state index in [1.54, 1.807) is 0 Å². The summed E-state index contributed by atoms with van der Waals surface area (Å²) >= 11 is 0. The highest BCUT2D eigenvalue weighted by Gasteiger charge is 2.32. The number of morpholine rings is 1. The molecule has 7 nitrogen and oxygen atoms in total. The zero-order valence-electron chi connectivity index (χ0n) is 18.0. The number of carbonyl (C=O) groups excluding carboxylic acids is 1. The van der Waals surface area contributed by atoms with Crippen molar-refractivity contribution < 1.29 is 14.3 Å². The molecule has 3 aliphatic heterocycles. The maximum Gasteiger partial charge on any atom is 0.253 e. The molecule has 1 aromatic rings. The summed E-state index contributed by atoms with van der Waals surface area (Å²) in [7, 11) is 1.81. The smallest absolute Gasteiger partial charge is 0.253 e. The lowest BCUT2D eigenvalue weighted by Crippen LogP contribution is -2.53. The number of benzene rings is 1. The fourth-order valence-electron chi connectivity index (χ4n) is 4.60. The SMILES string of the molecule is CN=C(NCc1cccc(C(=O)N2CCCCC2)c1)N1CCOC(C2CCCO2)C1. The number of hydrogen-bond acceptors (Lipinski definition) is 4. The predicted octanol–water partition coefficient (Wildman–Crippen LogP) is 2.27. The van der Waals surface area contributed by atoms with Gasteiger partial charge in [-0.2, -0.15) is 0 Å². The van der Waals surface area contributed by atoms with Gasteiger partial charge in [0.2, 0.25) is 0 Å². The number of piperidine rings is 1. The van der Waals surface area contributed by atoms with Crippen LogP contribution in [0.25, 0.3) is 0 Å². The molecule has 3 fully saturated rings. The summed E-state index contributed by atoms with van der Waals surface area (Å²) in [6, 6.07) is 7.95. The molecule has 3 saturated heterocycles. The van der Waals surface area contributed by atoms with Gasteiger partial charge in [-0.3, -0.25) is 9.79 Å². The minimum absolute atomic E-state index is 0.102. The first-order chi connectivity index (χ1) is 14.7. The van der Waals surface area contributed by atoms with E-state index in [4.69, 9.17) is 9.47 Å². The van der Waals surface area contributed by atoms with E-state index < -0.39 is 0 Å². The summed E-state index contributed by atoms with van der Waals surface area (Å²) < 4.78 is 11.8. The largest absolute Gasteiger partial charge is 0.375 e. The molecule has 4 rings (SSSR count). The van der Waals surface area contributed by atoms with Crippen molar-refractivity contribution in [1.29, 1.82) is 0 Å². The van der Waals surface area contributed by atoms with Crippen LogP contribution in [-0.4, -0.2) is 80.3 Å². The average molecular weight is 415 g/mol. The van der Waals surface area contributed by atoms with E-state index in [-0.39, 0.29) is 18.1 Å². The monoisotopic (exact) mass is 414 g/mol. The minimum Gasteiger partial charge on any atom is -0.375 e. The topological polar surface area (TPSA) is 66.4 Å². The van der Waals surface area contributed by atoms with Crippen molar-refractivity contribution in [2.75, 3.05) is 46.4 Å². The Morgan fingerprint density at radius 3 is 2.67 bits per heavy atom. The molecule has 1 aromatic carbocycles. The van der Waals surface area contributed by atoms with Crippen LogP contribution in [0.1, 0.15) is 48.0 Å². The van der Waals surface area contributed by atoms with Crippen molar-refractivity contribution in [3.63, 3.8) is 0 Å². The second kappa shape index (κ2) is 10.3. The van der Waals surface area contributed by atoms with E-state index in [9.17, 15) is 4.79 Å². The van der Waals surface area contributed by atoms with Crippen molar-refractivity contribution in [2.45, 2.75) is 50.9 Å². The number of amides is 1. The molecular formula is C23H34N4O3. The van der Waals surface area contributed by atoms with E-state index in [0.717, 1.165) is 75.6 Å². The van der Waals surface area contributed by atoms with Crippen molar-refractivity contribution in [2.24, 2.45) is 4.99 Å². The van der Waals surface area contributed by atoms with Crippen molar-refractivity contribution in [1.82, 2.24) is 15.1 Å². The van der Waals surface area contributed by atoms with Gasteiger partial charge in [-0.1, -0.05) is 12.1 Å². The third-order valence-electron chi connectivity index (χ3n) is 6.25. The highest BCUT2D eigenvalue weighted by atomic mass is 16.5. The lowest BCUT2D eigenvalue weighted by Gasteiger charge is -2.37. The van der Waals surface area contributed by atoms with Crippen LogP contribution in [0.15, 0.2) is 29.3 Å². The zero-order chi connectivity index (χ0) is 20.8. The number of nitrogens with one attached hydrogen (secondary N) is 1. The minimum atomic E-state index is 0.102. The van der Waals surface area contributed by atoms with Gasteiger partial charge in [0.15, 0.2) is 5.96 Å². The maximum atomic E-state index is 12.8. The predicted molar refractivity (Wildman–Crippen MR) is 117 cm³/mol. The summed E-state index contributed by atoms with van der Waals surface area (Å²) in [5, 5.41) is 3.47. The Hall–Kier alpha value is -2.12. The van der Waals surface area contributed by atoms with Crippen LogP contribution in [0, 0.1) is 0 Å². The summed E-state index contributed by atoms with van der Waals surface area (Å²) in [5.74, 6) is 1.02. The normalized spacial score (nSPS) is 25.4. The first kappa shape index (κ1) is 21.1. The summed E-state index contributed by atoms with van der Waals surface area (Å²) in [5.41, 5.74) is 1.86. The number of ether oxygens (including phenoxy) is 2. The molecule has 3 heterocycles. The molecule has 0 aromatic heterocycles. The van der Waals surface area contributed by atoms with Crippen LogP contribution in [0.5, 0.6) is 0 Å². The van der Waals surface area contributed by atoms with E-state index in [1.807, 2.05) is 30.1 Å². The Morgan fingerprint density at radius 1 is 1.07 bits per heavy atom. The Balaban J connectivity index is 1.34. The number of likely N-dealkylation sites (tertiary alicyclic amines) is 1. The molecule has 0 bridgehead atoms. The van der Waals surface area contributed by atoms with Gasteiger partial charge in [0.25, 0.3) is 5.91 Å². The Bertz CT molecular complexity index is 742. The molecule has 0 spiro atoms. The molecular weight excluding hydrogens is 380 g/mol. The quantitative estimate of drug-likeness (QED) is 0.605. The zero-order valence-corrected chi connectivity index (χ0v) is 18.0. The summed E-state index contributed by atoms with van der Waals surface area (Å²) in [6.45, 7) is 5.51. The Morgan fingerprint density at radius 2 is 1.90 bits per heavy atom. The van der Waals surface area contributed by atoms with Crippen LogP contribution in [0.2, 0.25) is 0 Å². The third-order valence-corrected chi connectivity index (χ3v) is 6.25. The first-order valence-corrected chi connectivity index (χ1v) is 11.3. The number of hydrogen-bond donors (Lipinski definition) is 1. The van der Waals surface area contributed by atoms with Gasteiger partial charge in [-0.05, 0) is 49.8 Å². The lowest BCUT2D eigenvalue weighted by molar-refractivity contribution is -0.0817. The lowest BCUT2D eigenvalue weighted by atomic mass is 10.1. The number of carbonyl (C=O) groups is 1. The van der Waals surface area contributed by atoms with Gasteiger partial charge in [-0.15, -0.1) is 0 Å². The van der Waals surface area contributed by atoms with E-state index in [1.165, 1.54) is 6.42 Å². The highest BCUT2D eigenvalue weighted by Crippen LogP contribution is 2.21. The molecule has 7 heteroatoms. The van der Waals surface area contributed by atoms with Gasteiger partial charge in [-0.25, -0.2) is 0 Å². The number of rotatable bonds is 4. The van der Waals surface area contributed by atoms with Crippen LogP contribution >= 0.6 is 0 Å². The molecule has 1 amide bonds.